The summed E-state index contributed by atoms with van der Waals surface area (Å²) in [6.45, 7) is 1.20. The van der Waals surface area contributed by atoms with Gasteiger partial charge in [0.05, 0.1) is 0 Å². The summed E-state index contributed by atoms with van der Waals surface area (Å²) in [6, 6.07) is -0.921. The Bertz CT molecular complexity index is 957. The molecule has 0 bridgehead atoms. The van der Waals surface area contributed by atoms with Gasteiger partial charge in [-0.1, -0.05) is 11.8 Å². The van der Waals surface area contributed by atoms with E-state index in [0.29, 0.717) is 22.2 Å². The topological polar surface area (TPSA) is 160 Å². The number of hydrogen-bond donors (Lipinski definition) is 2. The van der Waals surface area contributed by atoms with Gasteiger partial charge >= 0.3 is 5.97 Å². The number of fused-ring (bicyclic) bond motifs is 1. The van der Waals surface area contributed by atoms with Crippen molar-refractivity contribution >= 4 is 52.8 Å². The lowest BCUT2D eigenvalue weighted by Gasteiger charge is -2.49. The number of aliphatic imine (C=N–C) groups is 1. The smallest absolute Gasteiger partial charge is 0.352 e. The number of ketones is 1. The Balaban J connectivity index is 1.76. The van der Waals surface area contributed by atoms with Gasteiger partial charge < -0.3 is 10.4 Å². The van der Waals surface area contributed by atoms with Crippen LogP contribution in [0.5, 0.6) is 0 Å². The lowest BCUT2D eigenvalue weighted by molar-refractivity contribution is -0.150. The molecule has 12 nitrogen and oxygen atoms in total. The van der Waals surface area contributed by atoms with Crippen molar-refractivity contribution in [1.82, 2.24) is 30.4 Å². The highest BCUT2D eigenvalue weighted by Gasteiger charge is 2.54. The summed E-state index contributed by atoms with van der Waals surface area (Å²) < 4.78 is 1.46. The molecule has 1 unspecified atom stereocenters. The van der Waals surface area contributed by atoms with Crippen LogP contribution >= 0.6 is 23.5 Å². The van der Waals surface area contributed by atoms with E-state index >= 15 is 0 Å². The summed E-state index contributed by atoms with van der Waals surface area (Å²) in [5.74, 6) is -2.38. The van der Waals surface area contributed by atoms with Gasteiger partial charge in [0.2, 0.25) is 5.16 Å². The number of tetrazole rings is 1. The number of aromatic nitrogens is 4. The van der Waals surface area contributed by atoms with Gasteiger partial charge in [-0.15, -0.1) is 16.9 Å². The van der Waals surface area contributed by atoms with Crippen LogP contribution in [0.1, 0.15) is 6.92 Å². The van der Waals surface area contributed by atoms with Gasteiger partial charge in [-0.25, -0.2) is 9.48 Å². The summed E-state index contributed by atoms with van der Waals surface area (Å²) >= 11 is 2.60. The van der Waals surface area contributed by atoms with Crippen LogP contribution in [-0.2, 0) is 26.2 Å². The lowest BCUT2D eigenvalue weighted by Crippen LogP contribution is -2.71. The third kappa shape index (κ3) is 3.89. The van der Waals surface area contributed by atoms with E-state index in [-0.39, 0.29) is 11.4 Å². The first-order valence-electron chi connectivity index (χ1n) is 8.30. The van der Waals surface area contributed by atoms with Crippen molar-refractivity contribution in [1.29, 1.82) is 0 Å². The van der Waals surface area contributed by atoms with Crippen LogP contribution in [0.2, 0.25) is 0 Å². The molecule has 2 N–H and O–H groups in total. The molecule has 1 aromatic heterocycles. The minimum atomic E-state index is -1.22. The Morgan fingerprint density at radius 3 is 2.69 bits per heavy atom. The van der Waals surface area contributed by atoms with Crippen molar-refractivity contribution in [2.45, 2.75) is 23.5 Å². The van der Waals surface area contributed by atoms with Crippen molar-refractivity contribution in [3.63, 3.8) is 0 Å². The first kappa shape index (κ1) is 21.0. The molecule has 0 aromatic carbocycles. The number of carbonyl (C=O) groups excluding carboxylic acids is 3. The van der Waals surface area contributed by atoms with Crippen LogP contribution in [0.25, 0.3) is 0 Å². The van der Waals surface area contributed by atoms with E-state index in [1.165, 1.54) is 47.1 Å². The maximum absolute atomic E-state index is 12.6. The van der Waals surface area contributed by atoms with Crippen molar-refractivity contribution in [2.24, 2.45) is 12.0 Å². The van der Waals surface area contributed by atoms with Crippen LogP contribution in [0.4, 0.5) is 0 Å². The predicted molar refractivity (Wildman–Crippen MR) is 103 cm³/mol. The molecule has 1 saturated heterocycles. The second kappa shape index (κ2) is 8.32. The Morgan fingerprint density at radius 1 is 1.41 bits per heavy atom. The molecule has 29 heavy (non-hydrogen) atoms. The Labute approximate surface area is 173 Å². The van der Waals surface area contributed by atoms with Crippen molar-refractivity contribution in [3.05, 3.63) is 11.3 Å². The van der Waals surface area contributed by atoms with E-state index in [1.54, 1.807) is 7.05 Å². The minimum Gasteiger partial charge on any atom is -0.477 e. The number of nitrogens with zero attached hydrogens (tertiary/aromatic N) is 6. The molecule has 0 saturated carbocycles. The second-order valence-electron chi connectivity index (χ2n) is 6.12. The summed E-state index contributed by atoms with van der Waals surface area (Å²) in [4.78, 5) is 52.9. The fraction of sp³-hybridized carbons (Fsp3) is 0.467. The first-order valence-corrected chi connectivity index (χ1v) is 10.3. The largest absolute Gasteiger partial charge is 0.477 e. The van der Waals surface area contributed by atoms with Gasteiger partial charge in [-0.2, -0.15) is 0 Å². The van der Waals surface area contributed by atoms with Crippen molar-refractivity contribution in [2.75, 3.05) is 18.6 Å². The number of nitrogens with one attached hydrogen (secondary N) is 1. The number of amides is 2. The van der Waals surface area contributed by atoms with E-state index in [9.17, 15) is 24.3 Å². The van der Waals surface area contributed by atoms with Crippen LogP contribution in [-0.4, -0.2) is 89.5 Å². The number of carboxylic acids is 1. The van der Waals surface area contributed by atoms with Crippen LogP contribution in [0.15, 0.2) is 21.4 Å². The first-order chi connectivity index (χ1) is 13.8. The molecule has 0 aliphatic carbocycles. The molecule has 3 heterocycles. The maximum atomic E-state index is 12.6. The maximum Gasteiger partial charge on any atom is 0.352 e. The molecular weight excluding hydrogens is 422 g/mol. The number of carbonyl (C=O) groups is 4. The van der Waals surface area contributed by atoms with E-state index in [1.807, 2.05) is 0 Å². The second-order valence-corrected chi connectivity index (χ2v) is 8.17. The number of aryl methyl sites for hydroxylation is 1. The minimum absolute atomic E-state index is 0.0946. The highest BCUT2D eigenvalue weighted by molar-refractivity contribution is 8.01. The van der Waals surface area contributed by atoms with E-state index in [0.717, 1.165) is 0 Å². The molecule has 0 radical (unpaired) electrons. The van der Waals surface area contributed by atoms with Gasteiger partial charge in [0.1, 0.15) is 17.1 Å². The molecule has 2 amide bonds. The normalized spacial score (nSPS) is 21.6. The molecule has 2 aliphatic heterocycles. The molecule has 1 fully saturated rings. The standard InChI is InChI=1S/C15H17N7O5S2/c1-6(23)8(16-2)11(24)17-9-12(25)22-10(14(26)27)7(4-28-13(9)22)5-29-15-18-19-20-21(15)3/h9,13H,4-5H2,1-3H3,(H,17,24)(H,26,27)/t9?,13-/m1/s1. The van der Waals surface area contributed by atoms with Crippen molar-refractivity contribution < 1.29 is 24.3 Å². The number of aliphatic carboxylic acids is 1. The number of β-lactam (4-membered cyclic amide) rings is 1. The van der Waals surface area contributed by atoms with Crippen LogP contribution in [0, 0.1) is 0 Å². The number of rotatable bonds is 7. The number of hydrogen-bond acceptors (Lipinski definition) is 10. The van der Waals surface area contributed by atoms with Gasteiger partial charge in [0, 0.05) is 32.5 Å². The van der Waals surface area contributed by atoms with Crippen LogP contribution in [0.3, 0.4) is 0 Å². The molecule has 1 aromatic rings. The number of carboxylic acid groups (broad SMARTS) is 1. The Morgan fingerprint density at radius 2 is 2.14 bits per heavy atom. The molecule has 154 valence electrons. The van der Waals surface area contributed by atoms with Crippen LogP contribution < -0.4 is 5.32 Å². The zero-order chi connectivity index (χ0) is 21.3. The summed E-state index contributed by atoms with van der Waals surface area (Å²) in [7, 11) is 2.98. The molecule has 14 heteroatoms. The average Bonchev–Trinajstić information content (AvgIpc) is 3.08. The monoisotopic (exact) mass is 439 g/mol. The highest BCUT2D eigenvalue weighted by Crippen LogP contribution is 2.41. The zero-order valence-electron chi connectivity index (χ0n) is 15.6. The van der Waals surface area contributed by atoms with E-state index in [2.05, 4.69) is 25.8 Å². The Hall–Kier alpha value is -2.74. The third-order valence-corrected chi connectivity index (χ3v) is 6.70. The molecule has 0 spiro atoms. The van der Waals surface area contributed by atoms with Gasteiger partial charge in [0.15, 0.2) is 11.5 Å². The third-order valence-electron chi connectivity index (χ3n) is 4.27. The molecule has 2 atom stereocenters. The summed E-state index contributed by atoms with van der Waals surface area (Å²) in [5.41, 5.74) is 0.174. The number of thioether (sulfide) groups is 2. The number of Topliss-reactive ketones (excluding diaryl/α,β-unsaturated/α-hetero) is 1. The van der Waals surface area contributed by atoms with Gasteiger partial charge in [0.25, 0.3) is 11.8 Å². The summed E-state index contributed by atoms with van der Waals surface area (Å²) in [5, 5.41) is 23.2. The van der Waals surface area contributed by atoms with E-state index < -0.39 is 35.0 Å². The SMILES string of the molecule is CN=C(C(C)=O)C(=O)NC1C(=O)N2C(C(=O)O)=C(CSc3nnnn3C)CS[C@H]12. The fourth-order valence-electron chi connectivity index (χ4n) is 2.92. The van der Waals surface area contributed by atoms with E-state index in [4.69, 9.17) is 0 Å². The van der Waals surface area contributed by atoms with Crippen molar-refractivity contribution in [3.8, 4) is 0 Å². The molecule has 2 aliphatic rings. The van der Waals surface area contributed by atoms with Gasteiger partial charge in [-0.3, -0.25) is 24.3 Å². The lowest BCUT2D eigenvalue weighted by atomic mass is 10.0. The molecule has 3 rings (SSSR count). The quantitative estimate of drug-likeness (QED) is 0.226. The van der Waals surface area contributed by atoms with Gasteiger partial charge in [-0.05, 0) is 16.0 Å². The Kier molecular flexibility index (Phi) is 6.02. The fourth-order valence-corrected chi connectivity index (χ4v) is 5.25. The predicted octanol–water partition coefficient (Wildman–Crippen LogP) is -1.30. The summed E-state index contributed by atoms with van der Waals surface area (Å²) in [6.07, 6.45) is 0. The molecular formula is C15H17N7O5S2. The average molecular weight is 439 g/mol. The highest BCUT2D eigenvalue weighted by atomic mass is 32.2. The zero-order valence-corrected chi connectivity index (χ0v) is 17.3.